The number of rotatable bonds is 6. The SMILES string of the molecule is Cc1ccc(/C=C2\Oc3c(ccc(OCC(=O)OCc4ccccc4)c3C)C2=O)o1. The second-order valence-electron chi connectivity index (χ2n) is 6.89. The molecule has 0 atom stereocenters. The third-order valence-electron chi connectivity index (χ3n) is 4.66. The molecular weight excluding hydrogens is 384 g/mol. The van der Waals surface area contributed by atoms with E-state index in [0.717, 1.165) is 11.3 Å². The zero-order valence-corrected chi connectivity index (χ0v) is 16.6. The average Bonchev–Trinajstić information content (AvgIpc) is 3.30. The third-order valence-corrected chi connectivity index (χ3v) is 4.66. The molecule has 0 spiro atoms. The molecule has 1 aromatic heterocycles. The zero-order chi connectivity index (χ0) is 21.1. The topological polar surface area (TPSA) is 75.0 Å². The number of benzene rings is 2. The van der Waals surface area contributed by atoms with Crippen molar-refractivity contribution in [2.75, 3.05) is 6.61 Å². The molecule has 6 heteroatoms. The van der Waals surface area contributed by atoms with Gasteiger partial charge < -0.3 is 18.6 Å². The Morgan fingerprint density at radius 1 is 1.03 bits per heavy atom. The number of hydrogen-bond acceptors (Lipinski definition) is 6. The van der Waals surface area contributed by atoms with Gasteiger partial charge in [0.05, 0.1) is 5.56 Å². The first-order valence-corrected chi connectivity index (χ1v) is 9.48. The molecule has 0 N–H and O–H groups in total. The van der Waals surface area contributed by atoms with Crippen molar-refractivity contribution in [1.82, 2.24) is 0 Å². The Labute approximate surface area is 173 Å². The number of fused-ring (bicyclic) bond motifs is 1. The molecular formula is C24H20O6. The van der Waals surface area contributed by atoms with Gasteiger partial charge in [-0.15, -0.1) is 0 Å². The van der Waals surface area contributed by atoms with E-state index >= 15 is 0 Å². The fourth-order valence-corrected chi connectivity index (χ4v) is 3.10. The maximum absolute atomic E-state index is 12.6. The van der Waals surface area contributed by atoms with E-state index in [1.165, 1.54) is 0 Å². The Morgan fingerprint density at radius 2 is 1.83 bits per heavy atom. The van der Waals surface area contributed by atoms with Crippen molar-refractivity contribution >= 4 is 17.8 Å². The monoisotopic (exact) mass is 404 g/mol. The van der Waals surface area contributed by atoms with Gasteiger partial charge in [-0.2, -0.15) is 0 Å². The Balaban J connectivity index is 1.41. The summed E-state index contributed by atoms with van der Waals surface area (Å²) < 4.78 is 22.1. The van der Waals surface area contributed by atoms with Crippen molar-refractivity contribution in [2.45, 2.75) is 20.5 Å². The van der Waals surface area contributed by atoms with Gasteiger partial charge in [0.2, 0.25) is 5.78 Å². The van der Waals surface area contributed by atoms with E-state index in [-0.39, 0.29) is 24.8 Å². The van der Waals surface area contributed by atoms with Gasteiger partial charge in [0.15, 0.2) is 12.4 Å². The molecule has 0 radical (unpaired) electrons. The number of carbonyl (C=O) groups is 2. The first-order chi connectivity index (χ1) is 14.5. The van der Waals surface area contributed by atoms with Crippen molar-refractivity contribution in [3.63, 3.8) is 0 Å². The molecule has 0 unspecified atom stereocenters. The summed E-state index contributed by atoms with van der Waals surface area (Å²) in [5.74, 6) is 1.63. The summed E-state index contributed by atoms with van der Waals surface area (Å²) >= 11 is 0. The summed E-state index contributed by atoms with van der Waals surface area (Å²) in [5.41, 5.74) is 1.98. The molecule has 0 aliphatic carbocycles. The average molecular weight is 404 g/mol. The van der Waals surface area contributed by atoms with E-state index in [2.05, 4.69) is 0 Å². The summed E-state index contributed by atoms with van der Waals surface area (Å²) in [6.07, 6.45) is 1.57. The summed E-state index contributed by atoms with van der Waals surface area (Å²) in [6, 6.07) is 16.3. The van der Waals surface area contributed by atoms with Crippen LogP contribution in [0.15, 0.2) is 64.8 Å². The van der Waals surface area contributed by atoms with Gasteiger partial charge in [0.1, 0.15) is 29.6 Å². The number of ether oxygens (including phenoxy) is 3. The maximum atomic E-state index is 12.6. The lowest BCUT2D eigenvalue weighted by Gasteiger charge is -2.11. The molecule has 0 amide bonds. The highest BCUT2D eigenvalue weighted by atomic mass is 16.6. The van der Waals surface area contributed by atoms with Crippen LogP contribution in [0.5, 0.6) is 11.5 Å². The summed E-state index contributed by atoms with van der Waals surface area (Å²) in [4.78, 5) is 24.6. The Bertz CT molecular complexity index is 1120. The van der Waals surface area contributed by atoms with Gasteiger partial charge in [-0.25, -0.2) is 4.79 Å². The molecule has 0 saturated heterocycles. The van der Waals surface area contributed by atoms with Gasteiger partial charge in [-0.05, 0) is 43.7 Å². The van der Waals surface area contributed by atoms with Crippen LogP contribution in [0.1, 0.15) is 33.0 Å². The number of Topliss-reactive ketones (excluding diaryl/α,β-unsaturated/α-hetero) is 1. The van der Waals surface area contributed by atoms with E-state index in [0.29, 0.717) is 28.4 Å². The normalized spacial score (nSPS) is 13.8. The van der Waals surface area contributed by atoms with Crippen LogP contribution in [0.3, 0.4) is 0 Å². The Hall–Kier alpha value is -3.80. The third kappa shape index (κ3) is 4.12. The molecule has 3 aromatic rings. The van der Waals surface area contributed by atoms with Crippen LogP contribution in [0, 0.1) is 13.8 Å². The fourth-order valence-electron chi connectivity index (χ4n) is 3.10. The highest BCUT2D eigenvalue weighted by Crippen LogP contribution is 2.39. The quantitative estimate of drug-likeness (QED) is 0.440. The summed E-state index contributed by atoms with van der Waals surface area (Å²) in [5, 5.41) is 0. The predicted molar refractivity (Wildman–Crippen MR) is 109 cm³/mol. The molecule has 6 nitrogen and oxygen atoms in total. The lowest BCUT2D eigenvalue weighted by Crippen LogP contribution is -2.15. The standard InChI is InChI=1S/C24H20O6/c1-15-8-9-18(29-15)12-21-23(26)19-10-11-20(16(2)24(19)30-21)27-14-22(25)28-13-17-6-4-3-5-7-17/h3-12H,13-14H2,1-2H3/b21-12-. The molecule has 30 heavy (non-hydrogen) atoms. The van der Waals surface area contributed by atoms with Crippen LogP contribution in [0.25, 0.3) is 6.08 Å². The Kier molecular flexibility index (Phi) is 5.39. The number of aryl methyl sites for hydroxylation is 1. The number of allylic oxidation sites excluding steroid dienone is 1. The smallest absolute Gasteiger partial charge is 0.344 e. The minimum atomic E-state index is -0.482. The van der Waals surface area contributed by atoms with E-state index in [1.807, 2.05) is 43.3 Å². The van der Waals surface area contributed by atoms with Gasteiger partial charge >= 0.3 is 5.97 Å². The molecule has 1 aliphatic rings. The molecule has 2 heterocycles. The first-order valence-electron chi connectivity index (χ1n) is 9.48. The van der Waals surface area contributed by atoms with E-state index in [9.17, 15) is 9.59 Å². The van der Waals surface area contributed by atoms with Crippen molar-refractivity contribution in [3.05, 3.63) is 88.6 Å². The minimum absolute atomic E-state index is 0.182. The number of ketones is 1. The molecule has 152 valence electrons. The van der Waals surface area contributed by atoms with E-state index in [4.69, 9.17) is 18.6 Å². The summed E-state index contributed by atoms with van der Waals surface area (Å²) in [6.45, 7) is 3.54. The molecule has 4 rings (SSSR count). The number of carbonyl (C=O) groups excluding carboxylic acids is 2. The van der Waals surface area contributed by atoms with Crippen molar-refractivity contribution in [1.29, 1.82) is 0 Å². The Morgan fingerprint density at radius 3 is 2.57 bits per heavy atom. The van der Waals surface area contributed by atoms with Crippen LogP contribution in [-0.2, 0) is 16.1 Å². The maximum Gasteiger partial charge on any atom is 0.344 e. The lowest BCUT2D eigenvalue weighted by atomic mass is 10.1. The molecule has 2 aromatic carbocycles. The second kappa shape index (κ2) is 8.29. The summed E-state index contributed by atoms with van der Waals surface area (Å²) in [7, 11) is 0. The minimum Gasteiger partial charge on any atom is -0.481 e. The van der Waals surface area contributed by atoms with Gasteiger partial charge in [-0.1, -0.05) is 30.3 Å². The molecule has 0 bridgehead atoms. The number of hydrogen-bond donors (Lipinski definition) is 0. The van der Waals surface area contributed by atoms with Crippen LogP contribution in [0.4, 0.5) is 0 Å². The van der Waals surface area contributed by atoms with E-state index < -0.39 is 5.97 Å². The lowest BCUT2D eigenvalue weighted by molar-refractivity contribution is -0.147. The van der Waals surface area contributed by atoms with Crippen LogP contribution < -0.4 is 9.47 Å². The van der Waals surface area contributed by atoms with Crippen molar-refractivity contribution < 1.29 is 28.2 Å². The molecule has 1 aliphatic heterocycles. The predicted octanol–water partition coefficient (Wildman–Crippen LogP) is 4.63. The highest BCUT2D eigenvalue weighted by molar-refractivity contribution is 6.14. The van der Waals surface area contributed by atoms with Gasteiger partial charge in [0, 0.05) is 11.6 Å². The zero-order valence-electron chi connectivity index (χ0n) is 16.6. The first kappa shape index (κ1) is 19.5. The molecule has 0 saturated carbocycles. The van der Waals surface area contributed by atoms with Crippen LogP contribution in [-0.4, -0.2) is 18.4 Å². The second-order valence-corrected chi connectivity index (χ2v) is 6.89. The molecule has 0 fully saturated rings. The van der Waals surface area contributed by atoms with Crippen LogP contribution in [0.2, 0.25) is 0 Å². The van der Waals surface area contributed by atoms with Crippen LogP contribution >= 0.6 is 0 Å². The van der Waals surface area contributed by atoms with Gasteiger partial charge in [0.25, 0.3) is 0 Å². The largest absolute Gasteiger partial charge is 0.481 e. The van der Waals surface area contributed by atoms with Gasteiger partial charge in [-0.3, -0.25) is 4.79 Å². The number of furan rings is 1. The van der Waals surface area contributed by atoms with Crippen molar-refractivity contribution in [3.8, 4) is 11.5 Å². The fraction of sp³-hybridized carbons (Fsp3) is 0.167. The van der Waals surface area contributed by atoms with E-state index in [1.54, 1.807) is 31.2 Å². The number of esters is 1. The highest BCUT2D eigenvalue weighted by Gasteiger charge is 2.30. The van der Waals surface area contributed by atoms with Crippen molar-refractivity contribution in [2.24, 2.45) is 0 Å².